The second-order valence-electron chi connectivity index (χ2n) is 5.06. The van der Waals surface area contributed by atoms with E-state index in [2.05, 4.69) is 5.32 Å². The fourth-order valence-corrected chi connectivity index (χ4v) is 2.39. The summed E-state index contributed by atoms with van der Waals surface area (Å²) < 4.78 is 5.45. The first-order chi connectivity index (χ1) is 9.33. The van der Waals surface area contributed by atoms with Crippen molar-refractivity contribution in [3.63, 3.8) is 0 Å². The molecule has 1 aromatic carbocycles. The number of amides is 1. The van der Waals surface area contributed by atoms with Gasteiger partial charge in [-0.1, -0.05) is 11.6 Å². The number of halogens is 1. The molecule has 1 aromatic rings. The SMILES string of the molecule is CC1OCCC1(C)NC(=O)c1ccc([N+](=O)[O-])cc1Cl. The van der Waals surface area contributed by atoms with Gasteiger partial charge in [0.25, 0.3) is 11.6 Å². The van der Waals surface area contributed by atoms with Gasteiger partial charge in [0.1, 0.15) is 0 Å². The number of nitro groups is 1. The minimum Gasteiger partial charge on any atom is -0.376 e. The Morgan fingerprint density at radius 2 is 2.30 bits per heavy atom. The zero-order valence-electron chi connectivity index (χ0n) is 11.2. The van der Waals surface area contributed by atoms with Crippen LogP contribution in [0.4, 0.5) is 5.69 Å². The van der Waals surface area contributed by atoms with Gasteiger partial charge in [-0.2, -0.15) is 0 Å². The second-order valence-corrected chi connectivity index (χ2v) is 5.46. The van der Waals surface area contributed by atoms with Crippen LogP contribution in [-0.2, 0) is 4.74 Å². The molecule has 2 atom stereocenters. The molecule has 1 heterocycles. The Morgan fingerprint density at radius 1 is 1.60 bits per heavy atom. The Balaban J connectivity index is 2.19. The summed E-state index contributed by atoms with van der Waals surface area (Å²) in [4.78, 5) is 22.3. The summed E-state index contributed by atoms with van der Waals surface area (Å²) in [6, 6.07) is 3.80. The van der Waals surface area contributed by atoms with Crippen molar-refractivity contribution in [2.45, 2.75) is 31.9 Å². The van der Waals surface area contributed by atoms with E-state index in [0.29, 0.717) is 13.0 Å². The van der Waals surface area contributed by atoms with E-state index < -0.39 is 10.5 Å². The molecule has 0 radical (unpaired) electrons. The van der Waals surface area contributed by atoms with Crippen LogP contribution in [0.1, 0.15) is 30.6 Å². The lowest BCUT2D eigenvalue weighted by atomic mass is 9.94. The van der Waals surface area contributed by atoms with Crippen LogP contribution in [0.5, 0.6) is 0 Å². The van der Waals surface area contributed by atoms with Crippen molar-refractivity contribution in [3.05, 3.63) is 38.9 Å². The second kappa shape index (κ2) is 5.38. The van der Waals surface area contributed by atoms with Crippen LogP contribution in [0.3, 0.4) is 0 Å². The quantitative estimate of drug-likeness (QED) is 0.687. The average Bonchev–Trinajstić information content (AvgIpc) is 2.68. The fraction of sp³-hybridized carbons (Fsp3) is 0.462. The van der Waals surface area contributed by atoms with Crippen molar-refractivity contribution in [1.29, 1.82) is 0 Å². The highest BCUT2D eigenvalue weighted by molar-refractivity contribution is 6.34. The highest BCUT2D eigenvalue weighted by atomic mass is 35.5. The van der Waals surface area contributed by atoms with Gasteiger partial charge >= 0.3 is 0 Å². The lowest BCUT2D eigenvalue weighted by Crippen LogP contribution is -2.50. The molecule has 0 aromatic heterocycles. The topological polar surface area (TPSA) is 81.5 Å². The van der Waals surface area contributed by atoms with Crippen LogP contribution in [0, 0.1) is 10.1 Å². The van der Waals surface area contributed by atoms with Crippen molar-refractivity contribution < 1.29 is 14.5 Å². The largest absolute Gasteiger partial charge is 0.376 e. The molecule has 2 rings (SSSR count). The number of nitrogens with zero attached hydrogens (tertiary/aromatic N) is 1. The molecule has 7 heteroatoms. The number of carbonyl (C=O) groups is 1. The maximum absolute atomic E-state index is 12.2. The molecule has 1 amide bonds. The molecule has 6 nitrogen and oxygen atoms in total. The molecule has 2 unspecified atom stereocenters. The smallest absolute Gasteiger partial charge is 0.270 e. The van der Waals surface area contributed by atoms with Gasteiger partial charge < -0.3 is 10.1 Å². The molecule has 0 saturated carbocycles. The lowest BCUT2D eigenvalue weighted by Gasteiger charge is -2.29. The molecule has 1 saturated heterocycles. The van der Waals surface area contributed by atoms with Gasteiger partial charge in [0, 0.05) is 18.7 Å². The van der Waals surface area contributed by atoms with Gasteiger partial charge in [0.15, 0.2) is 0 Å². The monoisotopic (exact) mass is 298 g/mol. The molecule has 108 valence electrons. The van der Waals surface area contributed by atoms with E-state index >= 15 is 0 Å². The number of hydrogen-bond donors (Lipinski definition) is 1. The van der Waals surface area contributed by atoms with E-state index in [1.807, 2.05) is 13.8 Å². The number of carbonyl (C=O) groups excluding carboxylic acids is 1. The van der Waals surface area contributed by atoms with E-state index in [0.717, 1.165) is 0 Å². The third-order valence-corrected chi connectivity index (χ3v) is 4.01. The highest BCUT2D eigenvalue weighted by Gasteiger charge is 2.38. The molecule has 0 bridgehead atoms. The molecule has 1 aliphatic heterocycles. The normalized spacial score (nSPS) is 25.4. The van der Waals surface area contributed by atoms with Crippen LogP contribution in [0.2, 0.25) is 5.02 Å². The number of ether oxygens (including phenoxy) is 1. The number of rotatable bonds is 3. The third kappa shape index (κ3) is 2.76. The first-order valence-corrected chi connectivity index (χ1v) is 6.59. The van der Waals surface area contributed by atoms with Gasteiger partial charge in [-0.3, -0.25) is 14.9 Å². The maximum atomic E-state index is 12.2. The van der Waals surface area contributed by atoms with Gasteiger partial charge in [0.2, 0.25) is 0 Å². The third-order valence-electron chi connectivity index (χ3n) is 3.69. The molecule has 1 aliphatic rings. The lowest BCUT2D eigenvalue weighted by molar-refractivity contribution is -0.384. The molecule has 20 heavy (non-hydrogen) atoms. The molecule has 1 N–H and O–H groups in total. The van der Waals surface area contributed by atoms with E-state index in [9.17, 15) is 14.9 Å². The zero-order valence-corrected chi connectivity index (χ0v) is 11.9. The van der Waals surface area contributed by atoms with Crippen molar-refractivity contribution in [1.82, 2.24) is 5.32 Å². The molecule has 0 spiro atoms. The van der Waals surface area contributed by atoms with E-state index in [1.54, 1.807) is 0 Å². The van der Waals surface area contributed by atoms with E-state index in [4.69, 9.17) is 16.3 Å². The number of benzene rings is 1. The van der Waals surface area contributed by atoms with Crippen LogP contribution < -0.4 is 5.32 Å². The van der Waals surface area contributed by atoms with Crippen molar-refractivity contribution in [3.8, 4) is 0 Å². The molecule has 1 fully saturated rings. The first-order valence-electron chi connectivity index (χ1n) is 6.21. The summed E-state index contributed by atoms with van der Waals surface area (Å²) in [6.07, 6.45) is 0.619. The molecular formula is C13H15ClN2O4. The summed E-state index contributed by atoms with van der Waals surface area (Å²) in [6.45, 7) is 4.39. The van der Waals surface area contributed by atoms with Gasteiger partial charge in [-0.15, -0.1) is 0 Å². The zero-order chi connectivity index (χ0) is 14.9. The molecular weight excluding hydrogens is 284 g/mol. The minimum atomic E-state index is -0.554. The van der Waals surface area contributed by atoms with Gasteiger partial charge in [-0.25, -0.2) is 0 Å². The summed E-state index contributed by atoms with van der Waals surface area (Å²) in [7, 11) is 0. The van der Waals surface area contributed by atoms with Crippen LogP contribution in [-0.4, -0.2) is 29.1 Å². The van der Waals surface area contributed by atoms with Crippen LogP contribution >= 0.6 is 11.6 Å². The Kier molecular flexibility index (Phi) is 3.96. The summed E-state index contributed by atoms with van der Waals surface area (Å²) in [5.41, 5.74) is -0.379. The summed E-state index contributed by atoms with van der Waals surface area (Å²) in [5.74, 6) is -0.357. The van der Waals surface area contributed by atoms with Gasteiger partial charge in [0.05, 0.1) is 27.2 Å². The minimum absolute atomic E-state index is 0.0619. The fourth-order valence-electron chi connectivity index (χ4n) is 2.13. The van der Waals surface area contributed by atoms with Gasteiger partial charge in [-0.05, 0) is 26.3 Å². The molecule has 0 aliphatic carbocycles. The Labute approximate surface area is 121 Å². The Bertz CT molecular complexity index is 563. The van der Waals surface area contributed by atoms with Crippen molar-refractivity contribution in [2.24, 2.45) is 0 Å². The highest BCUT2D eigenvalue weighted by Crippen LogP contribution is 2.27. The Hall–Kier alpha value is -1.66. The number of nitro benzene ring substituents is 1. The van der Waals surface area contributed by atoms with Crippen molar-refractivity contribution >= 4 is 23.2 Å². The summed E-state index contributed by atoms with van der Waals surface area (Å²) >= 11 is 5.94. The Morgan fingerprint density at radius 3 is 2.80 bits per heavy atom. The predicted molar refractivity (Wildman–Crippen MR) is 74.0 cm³/mol. The van der Waals surface area contributed by atoms with Crippen LogP contribution in [0.15, 0.2) is 18.2 Å². The van der Waals surface area contributed by atoms with E-state index in [-0.39, 0.29) is 28.3 Å². The standard InChI is InChI=1S/C13H15ClN2O4/c1-8-13(2,5-6-20-8)15-12(17)10-4-3-9(16(18)19)7-11(10)14/h3-4,7-8H,5-6H2,1-2H3,(H,15,17). The number of nitrogens with one attached hydrogen (secondary N) is 1. The van der Waals surface area contributed by atoms with Crippen LogP contribution in [0.25, 0.3) is 0 Å². The number of hydrogen-bond acceptors (Lipinski definition) is 4. The number of non-ortho nitro benzene ring substituents is 1. The van der Waals surface area contributed by atoms with Crippen molar-refractivity contribution in [2.75, 3.05) is 6.61 Å². The maximum Gasteiger partial charge on any atom is 0.270 e. The average molecular weight is 299 g/mol. The predicted octanol–water partition coefficient (Wildman–Crippen LogP) is 2.55. The summed E-state index contributed by atoms with van der Waals surface area (Å²) in [5, 5.41) is 13.6. The van der Waals surface area contributed by atoms with E-state index in [1.165, 1.54) is 18.2 Å². The first kappa shape index (κ1) is 14.7.